The number of benzene rings is 1. The maximum atomic E-state index is 13.2. The van der Waals surface area contributed by atoms with Crippen molar-refractivity contribution in [2.45, 2.75) is 83.3 Å². The largest absolute Gasteiger partial charge is 0.461 e. The molecule has 5 rings (SSSR count). The number of hydrogen-bond donors (Lipinski definition) is 1. The highest BCUT2D eigenvalue weighted by atomic mass is 16.5. The average Bonchev–Trinajstić information content (AvgIpc) is 3.14. The zero-order valence-electron chi connectivity index (χ0n) is 19.2. The number of allylic oxidation sites excluding steroid dienone is 2. The van der Waals surface area contributed by atoms with Gasteiger partial charge in [-0.25, -0.2) is 0 Å². The van der Waals surface area contributed by atoms with E-state index in [0.29, 0.717) is 36.4 Å². The minimum Gasteiger partial charge on any atom is -0.461 e. The van der Waals surface area contributed by atoms with Gasteiger partial charge < -0.3 is 9.84 Å². The van der Waals surface area contributed by atoms with Gasteiger partial charge in [-0.3, -0.25) is 9.59 Å². The fraction of sp³-hybridized carbons (Fsp3) is 0.643. The van der Waals surface area contributed by atoms with Crippen molar-refractivity contribution < 1.29 is 19.4 Å². The van der Waals surface area contributed by atoms with Gasteiger partial charge in [0.2, 0.25) is 0 Å². The monoisotopic (exact) mass is 436 g/mol. The number of Topliss-reactive ketones (excluding diaryl/α,β-unsaturated/α-hetero) is 1. The molecule has 3 saturated carbocycles. The Bertz CT molecular complexity index is 905. The number of ether oxygens (including phenoxy) is 1. The van der Waals surface area contributed by atoms with Crippen molar-refractivity contribution in [1.29, 1.82) is 0 Å². The molecule has 1 N–H and O–H groups in total. The molecular formula is C28H36O4. The molecule has 5 unspecified atom stereocenters. The van der Waals surface area contributed by atoms with Crippen LogP contribution in [-0.4, -0.2) is 22.5 Å². The van der Waals surface area contributed by atoms with Gasteiger partial charge in [0, 0.05) is 11.8 Å². The number of fused-ring (bicyclic) bond motifs is 5. The van der Waals surface area contributed by atoms with Crippen LogP contribution in [-0.2, 0) is 20.9 Å². The summed E-state index contributed by atoms with van der Waals surface area (Å²) >= 11 is 0. The van der Waals surface area contributed by atoms with Crippen LogP contribution >= 0.6 is 0 Å². The Labute approximate surface area is 191 Å². The van der Waals surface area contributed by atoms with Crippen molar-refractivity contribution >= 4 is 11.8 Å². The summed E-state index contributed by atoms with van der Waals surface area (Å²) in [5.74, 6) is 1.04. The van der Waals surface area contributed by atoms with Crippen LogP contribution in [0.5, 0.6) is 0 Å². The van der Waals surface area contributed by atoms with Crippen LogP contribution in [0, 0.1) is 29.1 Å². The first kappa shape index (κ1) is 21.9. The Morgan fingerprint density at radius 2 is 1.97 bits per heavy atom. The third kappa shape index (κ3) is 3.55. The molecule has 0 spiro atoms. The van der Waals surface area contributed by atoms with E-state index in [9.17, 15) is 14.7 Å². The molecule has 0 bridgehead atoms. The van der Waals surface area contributed by atoms with E-state index in [1.807, 2.05) is 30.3 Å². The molecule has 0 aromatic heterocycles. The molecule has 4 aliphatic carbocycles. The number of hydrogen-bond acceptors (Lipinski definition) is 4. The van der Waals surface area contributed by atoms with Crippen LogP contribution in [0.2, 0.25) is 0 Å². The third-order valence-corrected chi connectivity index (χ3v) is 9.29. The minimum absolute atomic E-state index is 0.00741. The van der Waals surface area contributed by atoms with Gasteiger partial charge >= 0.3 is 5.97 Å². The summed E-state index contributed by atoms with van der Waals surface area (Å²) in [6.45, 7) is 2.32. The van der Waals surface area contributed by atoms with Crippen LogP contribution in [0.3, 0.4) is 0 Å². The van der Waals surface area contributed by atoms with E-state index < -0.39 is 11.0 Å². The molecule has 172 valence electrons. The first-order valence-electron chi connectivity index (χ1n) is 12.6. The summed E-state index contributed by atoms with van der Waals surface area (Å²) in [5.41, 5.74) is 0.792. The van der Waals surface area contributed by atoms with Gasteiger partial charge in [0.05, 0.1) is 12.0 Å². The van der Waals surface area contributed by atoms with Crippen molar-refractivity contribution in [1.82, 2.24) is 0 Å². The molecule has 4 aliphatic rings. The van der Waals surface area contributed by atoms with E-state index in [1.54, 1.807) is 0 Å². The predicted octanol–water partition coefficient (Wildman–Crippen LogP) is 5.38. The van der Waals surface area contributed by atoms with Gasteiger partial charge in [-0.1, -0.05) is 48.9 Å². The molecule has 3 fully saturated rings. The van der Waals surface area contributed by atoms with Crippen molar-refractivity contribution in [3.05, 3.63) is 47.5 Å². The summed E-state index contributed by atoms with van der Waals surface area (Å²) in [6.07, 6.45) is 10.6. The maximum absolute atomic E-state index is 13.2. The van der Waals surface area contributed by atoms with E-state index in [0.717, 1.165) is 50.5 Å². The maximum Gasteiger partial charge on any atom is 0.309 e. The Kier molecular flexibility index (Phi) is 5.77. The van der Waals surface area contributed by atoms with E-state index in [4.69, 9.17) is 4.74 Å². The van der Waals surface area contributed by atoms with Gasteiger partial charge in [-0.15, -0.1) is 0 Å². The van der Waals surface area contributed by atoms with Crippen LogP contribution in [0.15, 0.2) is 42.0 Å². The molecular weight excluding hydrogens is 400 g/mol. The SMILES string of the molecule is CC[C@]12CC(O)(CC(=O)OCc3ccccc3)C3C4CCCC=C4CCC3C1CCC2=O. The first-order valence-corrected chi connectivity index (χ1v) is 12.6. The lowest BCUT2D eigenvalue weighted by Crippen LogP contribution is -2.61. The molecule has 1 aromatic carbocycles. The van der Waals surface area contributed by atoms with Crippen molar-refractivity contribution in [2.75, 3.05) is 0 Å². The van der Waals surface area contributed by atoms with E-state index in [1.165, 1.54) is 5.57 Å². The molecule has 6 atom stereocenters. The van der Waals surface area contributed by atoms with E-state index >= 15 is 0 Å². The number of ketones is 1. The standard InChI is InChI=1S/C28H36O4/c1-2-27-18-28(31,16-25(30)32-17-19-8-4-3-5-9-19)26-21-11-7-6-10-20(21)12-13-22(26)23(27)14-15-24(27)29/h3-5,8-10,21-23,26,31H,2,6-7,11-18H2,1H3/t21?,22?,23?,26?,27-,28?/m0/s1. The fourth-order valence-corrected chi connectivity index (χ4v) is 8.04. The van der Waals surface area contributed by atoms with Crippen LogP contribution < -0.4 is 0 Å². The Hall–Kier alpha value is -1.94. The van der Waals surface area contributed by atoms with Gasteiger partial charge in [-0.05, 0) is 80.6 Å². The Balaban J connectivity index is 1.44. The van der Waals surface area contributed by atoms with E-state index in [2.05, 4.69) is 13.0 Å². The summed E-state index contributed by atoms with van der Waals surface area (Å²) in [4.78, 5) is 26.2. The molecule has 0 amide bonds. The van der Waals surface area contributed by atoms with Gasteiger partial charge in [-0.2, -0.15) is 0 Å². The zero-order chi connectivity index (χ0) is 22.3. The first-order chi connectivity index (χ1) is 15.5. The number of aliphatic hydroxyl groups is 1. The molecule has 4 heteroatoms. The van der Waals surface area contributed by atoms with Gasteiger partial charge in [0.15, 0.2) is 0 Å². The molecule has 1 aromatic rings. The lowest BCUT2D eigenvalue weighted by atomic mass is 9.46. The highest BCUT2D eigenvalue weighted by Gasteiger charge is 2.65. The summed E-state index contributed by atoms with van der Waals surface area (Å²) in [7, 11) is 0. The highest BCUT2D eigenvalue weighted by molar-refractivity contribution is 5.88. The number of esters is 1. The number of carbonyl (C=O) groups is 2. The number of rotatable bonds is 5. The quantitative estimate of drug-likeness (QED) is 0.497. The fourth-order valence-electron chi connectivity index (χ4n) is 8.04. The normalized spacial score (nSPS) is 38.3. The van der Waals surface area contributed by atoms with Crippen LogP contribution in [0.1, 0.15) is 76.7 Å². The van der Waals surface area contributed by atoms with Crippen LogP contribution in [0.4, 0.5) is 0 Å². The lowest BCUT2D eigenvalue weighted by Gasteiger charge is -2.59. The summed E-state index contributed by atoms with van der Waals surface area (Å²) in [6, 6.07) is 9.67. The molecule has 0 heterocycles. The van der Waals surface area contributed by atoms with Crippen molar-refractivity contribution in [3.63, 3.8) is 0 Å². The minimum atomic E-state index is -1.17. The molecule has 0 aliphatic heterocycles. The third-order valence-electron chi connectivity index (χ3n) is 9.29. The Morgan fingerprint density at radius 3 is 2.75 bits per heavy atom. The summed E-state index contributed by atoms with van der Waals surface area (Å²) in [5, 5.41) is 12.3. The highest BCUT2D eigenvalue weighted by Crippen LogP contribution is 2.65. The predicted molar refractivity (Wildman–Crippen MR) is 123 cm³/mol. The lowest BCUT2D eigenvalue weighted by molar-refractivity contribution is -0.187. The zero-order valence-corrected chi connectivity index (χ0v) is 19.2. The van der Waals surface area contributed by atoms with Gasteiger partial charge in [0.1, 0.15) is 12.4 Å². The Morgan fingerprint density at radius 1 is 1.16 bits per heavy atom. The second-order valence-electron chi connectivity index (χ2n) is 10.7. The molecule has 32 heavy (non-hydrogen) atoms. The van der Waals surface area contributed by atoms with Gasteiger partial charge in [0.25, 0.3) is 0 Å². The molecule has 0 radical (unpaired) electrons. The van der Waals surface area contributed by atoms with Crippen LogP contribution in [0.25, 0.3) is 0 Å². The number of carbonyl (C=O) groups excluding carboxylic acids is 2. The summed E-state index contributed by atoms with van der Waals surface area (Å²) < 4.78 is 5.62. The molecule has 4 nitrogen and oxygen atoms in total. The topological polar surface area (TPSA) is 63.6 Å². The second-order valence-corrected chi connectivity index (χ2v) is 10.7. The van der Waals surface area contributed by atoms with Crippen molar-refractivity contribution in [2.24, 2.45) is 29.1 Å². The smallest absolute Gasteiger partial charge is 0.309 e. The van der Waals surface area contributed by atoms with E-state index in [-0.39, 0.29) is 24.9 Å². The van der Waals surface area contributed by atoms with Crippen molar-refractivity contribution in [3.8, 4) is 0 Å². The second kappa shape index (κ2) is 8.44. The molecule has 0 saturated heterocycles. The average molecular weight is 437 g/mol.